The minimum atomic E-state index is -1.66. The Morgan fingerprint density at radius 1 is 1.16 bits per heavy atom. The van der Waals surface area contributed by atoms with Crippen molar-refractivity contribution in [2.75, 3.05) is 20.3 Å². The van der Waals surface area contributed by atoms with Crippen molar-refractivity contribution in [3.8, 4) is 5.75 Å². The number of esters is 1. The molecule has 7 nitrogen and oxygen atoms in total. The minimum absolute atomic E-state index is 0.0639. The van der Waals surface area contributed by atoms with Crippen LogP contribution < -0.4 is 4.74 Å². The largest absolute Gasteiger partial charge is 0.497 e. The smallest absolute Gasteiger partial charge is 0.411 e. The van der Waals surface area contributed by atoms with Gasteiger partial charge in [0.1, 0.15) is 11.4 Å². The van der Waals surface area contributed by atoms with Gasteiger partial charge < -0.3 is 14.2 Å². The Balaban J connectivity index is 2.29. The van der Waals surface area contributed by atoms with E-state index >= 15 is 0 Å². The molecule has 1 aromatic rings. The average Bonchev–Trinajstić information content (AvgIpc) is 3.30. The van der Waals surface area contributed by atoms with Crippen molar-refractivity contribution in [3.05, 3.63) is 29.8 Å². The van der Waals surface area contributed by atoms with Crippen LogP contribution in [0.4, 0.5) is 4.79 Å². The van der Waals surface area contributed by atoms with Crippen molar-refractivity contribution in [2.45, 2.75) is 38.8 Å². The van der Waals surface area contributed by atoms with Gasteiger partial charge in [0.05, 0.1) is 20.3 Å². The first-order valence-corrected chi connectivity index (χ1v) is 8.02. The van der Waals surface area contributed by atoms with Crippen LogP contribution in [-0.2, 0) is 14.3 Å². The van der Waals surface area contributed by atoms with E-state index in [-0.39, 0.29) is 13.2 Å². The van der Waals surface area contributed by atoms with Crippen molar-refractivity contribution in [3.63, 3.8) is 0 Å². The quantitative estimate of drug-likeness (QED) is 0.351. The normalized spacial score (nSPS) is 19.2. The number of methoxy groups -OCH3 is 1. The van der Waals surface area contributed by atoms with Gasteiger partial charge in [-0.2, -0.15) is 0 Å². The molecule has 1 aliphatic rings. The zero-order valence-corrected chi connectivity index (χ0v) is 15.1. The topological polar surface area (TPSA) is 81.9 Å². The lowest BCUT2D eigenvalue weighted by Crippen LogP contribution is -2.42. The van der Waals surface area contributed by atoms with Crippen LogP contribution in [0.25, 0.3) is 0 Å². The summed E-state index contributed by atoms with van der Waals surface area (Å²) in [5, 5.41) is 0. The summed E-state index contributed by atoms with van der Waals surface area (Å²) in [6.07, 6.45) is -0.720. The Hall–Kier alpha value is -2.57. The molecule has 1 atom stereocenters. The van der Waals surface area contributed by atoms with Crippen LogP contribution in [-0.4, -0.2) is 54.1 Å². The van der Waals surface area contributed by atoms with E-state index in [4.69, 9.17) is 14.2 Å². The van der Waals surface area contributed by atoms with Crippen molar-refractivity contribution < 1.29 is 28.6 Å². The molecule has 0 radical (unpaired) electrons. The fourth-order valence-electron chi connectivity index (χ4n) is 2.42. The van der Waals surface area contributed by atoms with Gasteiger partial charge in [-0.25, -0.2) is 9.59 Å². The molecule has 0 aliphatic carbocycles. The van der Waals surface area contributed by atoms with Crippen molar-refractivity contribution in [1.29, 1.82) is 0 Å². The first-order chi connectivity index (χ1) is 11.7. The summed E-state index contributed by atoms with van der Waals surface area (Å²) in [7, 11) is 1.52. The van der Waals surface area contributed by atoms with Crippen LogP contribution in [0.15, 0.2) is 24.3 Å². The lowest BCUT2D eigenvalue weighted by Gasteiger charge is -2.21. The molecule has 0 spiro atoms. The molecule has 1 heterocycles. The SMILES string of the molecule is CCOC(=O)C1(C(=O)c2ccc(OC)cc2)CN1C(=O)OC(C)(C)C. The number of ketones is 1. The number of benzene rings is 1. The molecule has 25 heavy (non-hydrogen) atoms. The first kappa shape index (κ1) is 18.8. The van der Waals surface area contributed by atoms with Crippen molar-refractivity contribution in [1.82, 2.24) is 4.90 Å². The fourth-order valence-corrected chi connectivity index (χ4v) is 2.42. The highest BCUT2D eigenvalue weighted by molar-refractivity contribution is 6.21. The molecule has 1 fully saturated rings. The summed E-state index contributed by atoms with van der Waals surface area (Å²) in [4.78, 5) is 38.8. The predicted molar refractivity (Wildman–Crippen MR) is 89.6 cm³/mol. The molecular formula is C18H23NO6. The van der Waals surface area contributed by atoms with E-state index in [1.807, 2.05) is 0 Å². The molecular weight excluding hydrogens is 326 g/mol. The van der Waals surface area contributed by atoms with E-state index in [2.05, 4.69) is 0 Å². The second-order valence-electron chi connectivity index (χ2n) is 6.70. The molecule has 0 saturated carbocycles. The summed E-state index contributed by atoms with van der Waals surface area (Å²) in [5.74, 6) is -0.664. The minimum Gasteiger partial charge on any atom is -0.497 e. The van der Waals surface area contributed by atoms with E-state index in [1.54, 1.807) is 52.0 Å². The predicted octanol–water partition coefficient (Wildman–Crippen LogP) is 2.43. The molecule has 1 saturated heterocycles. The monoisotopic (exact) mass is 349 g/mol. The Morgan fingerprint density at radius 2 is 1.76 bits per heavy atom. The second kappa shape index (κ2) is 6.74. The molecule has 1 aliphatic heterocycles. The number of carbonyl (C=O) groups excluding carboxylic acids is 3. The number of hydrogen-bond acceptors (Lipinski definition) is 6. The maximum atomic E-state index is 12.9. The molecule has 0 N–H and O–H groups in total. The van der Waals surface area contributed by atoms with E-state index in [0.717, 1.165) is 4.90 Å². The molecule has 7 heteroatoms. The Morgan fingerprint density at radius 3 is 2.24 bits per heavy atom. The number of ether oxygens (including phenoxy) is 3. The van der Waals surface area contributed by atoms with Gasteiger partial charge in [0.15, 0.2) is 0 Å². The van der Waals surface area contributed by atoms with Crippen LogP contribution in [0.2, 0.25) is 0 Å². The van der Waals surface area contributed by atoms with Gasteiger partial charge in [-0.15, -0.1) is 0 Å². The van der Waals surface area contributed by atoms with Gasteiger partial charge in [-0.3, -0.25) is 9.69 Å². The Bertz CT molecular complexity index is 676. The summed E-state index contributed by atoms with van der Waals surface area (Å²) >= 11 is 0. The lowest BCUT2D eigenvalue weighted by molar-refractivity contribution is -0.145. The molecule has 2 rings (SSSR count). The van der Waals surface area contributed by atoms with Gasteiger partial charge >= 0.3 is 12.1 Å². The molecule has 1 aromatic carbocycles. The van der Waals surface area contributed by atoms with Gasteiger partial charge in [0, 0.05) is 5.56 Å². The zero-order valence-electron chi connectivity index (χ0n) is 15.1. The van der Waals surface area contributed by atoms with Gasteiger partial charge in [0.2, 0.25) is 11.3 Å². The number of Topliss-reactive ketones (excluding diaryl/α,β-unsaturated/α-hetero) is 1. The van der Waals surface area contributed by atoms with E-state index < -0.39 is 29.0 Å². The molecule has 0 aromatic heterocycles. The van der Waals surface area contributed by atoms with Crippen LogP contribution in [0, 0.1) is 0 Å². The summed E-state index contributed by atoms with van der Waals surface area (Å²) in [6.45, 7) is 6.83. The summed E-state index contributed by atoms with van der Waals surface area (Å²) < 4.78 is 15.4. The van der Waals surface area contributed by atoms with Crippen LogP contribution in [0.1, 0.15) is 38.1 Å². The summed E-state index contributed by atoms with van der Waals surface area (Å²) in [6, 6.07) is 6.33. The third-order valence-electron chi connectivity index (χ3n) is 3.70. The van der Waals surface area contributed by atoms with Gasteiger partial charge in [-0.1, -0.05) is 0 Å². The molecule has 1 unspecified atom stereocenters. The van der Waals surface area contributed by atoms with Gasteiger partial charge in [0.25, 0.3) is 0 Å². The highest BCUT2D eigenvalue weighted by Crippen LogP contribution is 2.39. The average molecular weight is 349 g/mol. The van der Waals surface area contributed by atoms with Crippen LogP contribution in [0.3, 0.4) is 0 Å². The van der Waals surface area contributed by atoms with E-state index in [1.165, 1.54) is 7.11 Å². The molecule has 136 valence electrons. The van der Waals surface area contributed by atoms with Crippen LogP contribution in [0.5, 0.6) is 5.75 Å². The highest BCUT2D eigenvalue weighted by Gasteiger charge is 2.68. The first-order valence-electron chi connectivity index (χ1n) is 8.02. The third kappa shape index (κ3) is 3.75. The zero-order chi connectivity index (χ0) is 18.8. The maximum Gasteiger partial charge on any atom is 0.411 e. The van der Waals surface area contributed by atoms with Gasteiger partial charge in [-0.05, 0) is 52.0 Å². The number of nitrogens with zero attached hydrogens (tertiary/aromatic N) is 1. The van der Waals surface area contributed by atoms with E-state index in [9.17, 15) is 14.4 Å². The highest BCUT2D eigenvalue weighted by atomic mass is 16.6. The Kier molecular flexibility index (Phi) is 5.06. The molecule has 0 bridgehead atoms. The Labute approximate surface area is 146 Å². The second-order valence-corrected chi connectivity index (χ2v) is 6.70. The number of hydrogen-bond donors (Lipinski definition) is 0. The summed E-state index contributed by atoms with van der Waals surface area (Å²) in [5.41, 5.74) is -2.10. The lowest BCUT2D eigenvalue weighted by atomic mass is 9.97. The number of carbonyl (C=O) groups is 3. The van der Waals surface area contributed by atoms with E-state index in [0.29, 0.717) is 11.3 Å². The number of amides is 1. The van der Waals surface area contributed by atoms with Crippen molar-refractivity contribution >= 4 is 17.8 Å². The molecule has 1 amide bonds. The maximum absolute atomic E-state index is 12.9. The number of rotatable bonds is 5. The standard InChI is InChI=1S/C18H23NO6/c1-6-24-15(21)18(11-19(18)16(22)25-17(2,3)4)14(20)12-7-9-13(23-5)10-8-12/h7-10H,6,11H2,1-5H3. The van der Waals surface area contributed by atoms with Crippen LogP contribution >= 0.6 is 0 Å². The fraction of sp³-hybridized carbons (Fsp3) is 0.500. The van der Waals surface area contributed by atoms with Crippen molar-refractivity contribution in [2.24, 2.45) is 0 Å². The third-order valence-corrected chi connectivity index (χ3v) is 3.70.